The number of hydrogen-bond donors (Lipinski definition) is 1. The van der Waals surface area contributed by atoms with E-state index in [1.54, 1.807) is 0 Å². The van der Waals surface area contributed by atoms with Crippen LogP contribution < -0.4 is 11.0 Å². The van der Waals surface area contributed by atoms with Gasteiger partial charge in [0.1, 0.15) is 0 Å². The van der Waals surface area contributed by atoms with Gasteiger partial charge in [-0.3, -0.25) is 4.79 Å². The molecule has 2 aromatic rings. The van der Waals surface area contributed by atoms with E-state index < -0.39 is 7.12 Å². The van der Waals surface area contributed by atoms with Crippen LogP contribution in [0.5, 0.6) is 0 Å². The molecule has 1 fully saturated rings. The van der Waals surface area contributed by atoms with Gasteiger partial charge in [-0.05, 0) is 39.2 Å². The third-order valence-corrected chi connectivity index (χ3v) is 4.65. The van der Waals surface area contributed by atoms with Crippen molar-refractivity contribution in [1.82, 2.24) is 4.98 Å². The van der Waals surface area contributed by atoms with Gasteiger partial charge < -0.3 is 14.3 Å². The van der Waals surface area contributed by atoms with Crippen LogP contribution in [-0.2, 0) is 9.31 Å². The summed E-state index contributed by atoms with van der Waals surface area (Å²) in [5, 5.41) is 1.20. The number of H-pyrrole nitrogens is 1. The van der Waals surface area contributed by atoms with Crippen molar-refractivity contribution < 1.29 is 9.31 Å². The highest BCUT2D eigenvalue weighted by atomic mass is 35.5. The molecule has 0 saturated carbocycles. The van der Waals surface area contributed by atoms with Crippen molar-refractivity contribution in [2.75, 3.05) is 0 Å². The number of rotatable bonds is 1. The zero-order chi connectivity index (χ0) is 15.4. The highest BCUT2D eigenvalue weighted by molar-refractivity contribution is 6.62. The van der Waals surface area contributed by atoms with E-state index in [4.69, 9.17) is 20.9 Å². The Morgan fingerprint density at radius 2 is 1.71 bits per heavy atom. The lowest BCUT2D eigenvalue weighted by Gasteiger charge is -2.32. The molecule has 3 rings (SSSR count). The fraction of sp³-hybridized carbons (Fsp3) is 0.400. The second-order valence-corrected chi connectivity index (χ2v) is 6.78. The van der Waals surface area contributed by atoms with E-state index in [1.807, 2.05) is 45.9 Å². The van der Waals surface area contributed by atoms with Crippen LogP contribution >= 0.6 is 11.6 Å². The van der Waals surface area contributed by atoms with Gasteiger partial charge in [0.2, 0.25) is 5.56 Å². The normalized spacial score (nSPS) is 20.1. The first-order valence-corrected chi connectivity index (χ1v) is 7.25. The summed E-state index contributed by atoms with van der Waals surface area (Å²) < 4.78 is 12.1. The first-order chi connectivity index (χ1) is 9.69. The van der Waals surface area contributed by atoms with E-state index in [1.165, 1.54) is 6.07 Å². The molecule has 6 heteroatoms. The molecule has 0 bridgehead atoms. The Hall–Kier alpha value is -1.30. The molecule has 0 spiro atoms. The van der Waals surface area contributed by atoms with Gasteiger partial charge >= 0.3 is 7.12 Å². The molecule has 4 nitrogen and oxygen atoms in total. The molecule has 1 aromatic heterocycles. The predicted octanol–water partition coefficient (Wildman–Crippen LogP) is 2.48. The van der Waals surface area contributed by atoms with E-state index in [0.717, 1.165) is 10.8 Å². The molecule has 110 valence electrons. The van der Waals surface area contributed by atoms with Gasteiger partial charge in [0, 0.05) is 17.0 Å². The summed E-state index contributed by atoms with van der Waals surface area (Å²) in [4.78, 5) is 14.2. The molecule has 1 N–H and O–H groups in total. The Morgan fingerprint density at radius 3 is 2.33 bits per heavy atom. The average Bonchev–Trinajstić information content (AvgIpc) is 2.58. The maximum absolute atomic E-state index is 11.4. The molecule has 0 amide bonds. The molecular formula is C15H17BClNO3. The van der Waals surface area contributed by atoms with E-state index >= 15 is 0 Å². The number of aromatic nitrogens is 1. The molecule has 1 aromatic carbocycles. The summed E-state index contributed by atoms with van der Waals surface area (Å²) in [6, 6.07) is 6.98. The predicted molar refractivity (Wildman–Crippen MR) is 85.3 cm³/mol. The van der Waals surface area contributed by atoms with Crippen molar-refractivity contribution in [2.24, 2.45) is 0 Å². The molecule has 1 saturated heterocycles. The van der Waals surface area contributed by atoms with Crippen LogP contribution in [0.25, 0.3) is 10.9 Å². The summed E-state index contributed by atoms with van der Waals surface area (Å²) in [6.45, 7) is 8.05. The maximum atomic E-state index is 11.4. The highest BCUT2D eigenvalue weighted by Gasteiger charge is 2.51. The molecule has 1 aliphatic heterocycles. The van der Waals surface area contributed by atoms with Gasteiger partial charge in [-0.15, -0.1) is 0 Å². The third kappa shape index (κ3) is 2.39. The maximum Gasteiger partial charge on any atom is 0.494 e. The minimum absolute atomic E-state index is 0.212. The standard InChI is InChI=1S/C15H17BClNO3/c1-14(2)15(3,4)21-16(20-14)9-5-6-12-10(7-9)11(17)8-13(19)18-12/h5-8H,1-4H3,(H,18,19). The number of hydrogen-bond acceptors (Lipinski definition) is 3. The fourth-order valence-corrected chi connectivity index (χ4v) is 2.61. The SMILES string of the molecule is CC1(C)OB(c2ccc3[nH]c(=O)cc(Cl)c3c2)OC1(C)C. The van der Waals surface area contributed by atoms with E-state index in [-0.39, 0.29) is 16.8 Å². The van der Waals surface area contributed by atoms with Gasteiger partial charge in [0.25, 0.3) is 0 Å². The topological polar surface area (TPSA) is 51.3 Å². The Morgan fingerprint density at radius 1 is 1.10 bits per heavy atom. The number of halogens is 1. The molecule has 21 heavy (non-hydrogen) atoms. The molecule has 0 aliphatic carbocycles. The first kappa shape index (κ1) is 14.6. The fourth-order valence-electron chi connectivity index (χ4n) is 2.36. The first-order valence-electron chi connectivity index (χ1n) is 6.88. The minimum Gasteiger partial charge on any atom is -0.399 e. The number of pyridine rings is 1. The lowest BCUT2D eigenvalue weighted by molar-refractivity contribution is 0.00578. The van der Waals surface area contributed by atoms with Crippen molar-refractivity contribution in [2.45, 2.75) is 38.9 Å². The van der Waals surface area contributed by atoms with Crippen LogP contribution in [0.15, 0.2) is 29.1 Å². The smallest absolute Gasteiger partial charge is 0.399 e. The third-order valence-electron chi connectivity index (χ3n) is 4.34. The van der Waals surface area contributed by atoms with E-state index in [2.05, 4.69) is 4.98 Å². The second kappa shape index (κ2) is 4.60. The van der Waals surface area contributed by atoms with Crippen LogP contribution in [0.2, 0.25) is 5.02 Å². The monoisotopic (exact) mass is 305 g/mol. The number of fused-ring (bicyclic) bond motifs is 1. The van der Waals surface area contributed by atoms with Gasteiger partial charge in [-0.25, -0.2) is 0 Å². The summed E-state index contributed by atoms with van der Waals surface area (Å²) in [5.74, 6) is 0. The van der Waals surface area contributed by atoms with Gasteiger partial charge in [-0.1, -0.05) is 23.7 Å². The number of aromatic amines is 1. The quantitative estimate of drug-likeness (QED) is 0.824. The minimum atomic E-state index is -0.442. The molecular weight excluding hydrogens is 288 g/mol. The Kier molecular flexibility index (Phi) is 3.21. The molecule has 0 radical (unpaired) electrons. The highest BCUT2D eigenvalue weighted by Crippen LogP contribution is 2.36. The molecule has 2 heterocycles. The van der Waals surface area contributed by atoms with Gasteiger partial charge in [0.15, 0.2) is 0 Å². The van der Waals surface area contributed by atoms with Crippen molar-refractivity contribution in [3.63, 3.8) is 0 Å². The van der Waals surface area contributed by atoms with Crippen LogP contribution in [0.4, 0.5) is 0 Å². The van der Waals surface area contributed by atoms with Crippen molar-refractivity contribution >= 4 is 35.1 Å². The lowest BCUT2D eigenvalue weighted by Crippen LogP contribution is -2.41. The Bertz CT molecular complexity index is 753. The summed E-state index contributed by atoms with van der Waals surface area (Å²) in [6.07, 6.45) is 0. The van der Waals surface area contributed by atoms with Gasteiger partial charge in [-0.2, -0.15) is 0 Å². The molecule has 1 aliphatic rings. The zero-order valence-electron chi connectivity index (χ0n) is 12.5. The van der Waals surface area contributed by atoms with Crippen LogP contribution in [0.3, 0.4) is 0 Å². The van der Waals surface area contributed by atoms with Crippen molar-refractivity contribution in [1.29, 1.82) is 0 Å². The van der Waals surface area contributed by atoms with Crippen molar-refractivity contribution in [3.8, 4) is 0 Å². The van der Waals surface area contributed by atoms with Crippen molar-refractivity contribution in [3.05, 3.63) is 39.6 Å². The summed E-state index contributed by atoms with van der Waals surface area (Å²) >= 11 is 6.15. The lowest BCUT2D eigenvalue weighted by atomic mass is 9.78. The number of nitrogens with one attached hydrogen (secondary N) is 1. The van der Waals surface area contributed by atoms with Crippen LogP contribution in [0, 0.1) is 0 Å². The van der Waals surface area contributed by atoms with Gasteiger partial charge in [0.05, 0.1) is 16.2 Å². The Balaban J connectivity index is 2.05. The number of benzene rings is 1. The zero-order valence-corrected chi connectivity index (χ0v) is 13.2. The van der Waals surface area contributed by atoms with E-state index in [9.17, 15) is 4.79 Å². The van der Waals surface area contributed by atoms with E-state index in [0.29, 0.717) is 10.5 Å². The van der Waals surface area contributed by atoms with Crippen LogP contribution in [-0.4, -0.2) is 23.3 Å². The molecule has 0 atom stereocenters. The molecule has 0 unspecified atom stereocenters. The largest absolute Gasteiger partial charge is 0.494 e. The second-order valence-electron chi connectivity index (χ2n) is 6.37. The summed E-state index contributed by atoms with van der Waals surface area (Å²) in [7, 11) is -0.442. The summed E-state index contributed by atoms with van der Waals surface area (Å²) in [5.41, 5.74) is 0.599. The van der Waals surface area contributed by atoms with Crippen LogP contribution in [0.1, 0.15) is 27.7 Å². The Labute approximate surface area is 128 Å². The average molecular weight is 306 g/mol.